The molecule has 1 aliphatic carbocycles. The molecular formula is C26H37N5O5. The molecule has 2 aromatic heterocycles. The zero-order chi connectivity index (χ0) is 26.4. The predicted octanol–water partition coefficient (Wildman–Crippen LogP) is 3.20. The zero-order valence-corrected chi connectivity index (χ0v) is 22.4. The molecule has 0 N–H and O–H groups in total. The van der Waals surface area contributed by atoms with Crippen LogP contribution in [-0.4, -0.2) is 70.9 Å². The van der Waals surface area contributed by atoms with E-state index in [4.69, 9.17) is 9.47 Å². The molecule has 4 rings (SSSR count). The van der Waals surface area contributed by atoms with E-state index in [1.807, 2.05) is 39.4 Å². The Hall–Kier alpha value is -3.17. The number of anilines is 1. The van der Waals surface area contributed by atoms with Gasteiger partial charge in [0.1, 0.15) is 18.0 Å². The number of esters is 1. The minimum absolute atomic E-state index is 0.0343. The summed E-state index contributed by atoms with van der Waals surface area (Å²) in [5.74, 6) is 0.230. The van der Waals surface area contributed by atoms with E-state index in [9.17, 15) is 14.4 Å². The average Bonchev–Trinajstić information content (AvgIpc) is 3.07. The van der Waals surface area contributed by atoms with Gasteiger partial charge < -0.3 is 23.8 Å². The number of likely N-dealkylation sites (tertiary alicyclic amines) is 1. The molecule has 10 nitrogen and oxygen atoms in total. The number of rotatable bonds is 4. The molecule has 1 unspecified atom stereocenters. The first-order valence-corrected chi connectivity index (χ1v) is 12.6. The summed E-state index contributed by atoms with van der Waals surface area (Å²) in [6.07, 6.45) is 3.34. The van der Waals surface area contributed by atoms with Gasteiger partial charge in [-0.1, -0.05) is 6.92 Å². The van der Waals surface area contributed by atoms with Crippen molar-refractivity contribution in [3.8, 4) is 0 Å². The van der Waals surface area contributed by atoms with Crippen LogP contribution >= 0.6 is 0 Å². The summed E-state index contributed by atoms with van der Waals surface area (Å²) in [5, 5.41) is 0. The lowest BCUT2D eigenvalue weighted by molar-refractivity contribution is -0.143. The number of hydrogen-bond acceptors (Lipinski definition) is 8. The SMILES string of the molecule is CCOC(=O)Cn1c2c(c(=O)c3nc(N(C)C)cnc31)C1(CCN(C(=O)OC(C)(C)C)CC1)CC2C. The minimum atomic E-state index is -0.566. The molecule has 1 aliphatic heterocycles. The van der Waals surface area contributed by atoms with Crippen molar-refractivity contribution in [2.75, 3.05) is 38.7 Å². The summed E-state index contributed by atoms with van der Waals surface area (Å²) >= 11 is 0. The molecule has 0 aromatic carbocycles. The maximum atomic E-state index is 14.0. The van der Waals surface area contributed by atoms with Crippen molar-refractivity contribution >= 4 is 29.0 Å². The fourth-order valence-electron chi connectivity index (χ4n) is 5.63. The topological polar surface area (TPSA) is 107 Å². The summed E-state index contributed by atoms with van der Waals surface area (Å²) in [6.45, 7) is 10.7. The Bertz CT molecular complexity index is 1240. The molecule has 10 heteroatoms. The summed E-state index contributed by atoms with van der Waals surface area (Å²) in [7, 11) is 3.69. The molecule has 2 aliphatic rings. The Labute approximate surface area is 211 Å². The molecule has 196 valence electrons. The third-order valence-corrected chi connectivity index (χ3v) is 7.10. The minimum Gasteiger partial charge on any atom is -0.465 e. The number of nitrogens with zero attached hydrogens (tertiary/aromatic N) is 5. The molecule has 2 aromatic rings. The number of hydrogen-bond donors (Lipinski definition) is 0. The zero-order valence-electron chi connectivity index (χ0n) is 22.4. The van der Waals surface area contributed by atoms with Gasteiger partial charge in [-0.2, -0.15) is 0 Å². The second-order valence-electron chi connectivity index (χ2n) is 11.1. The maximum absolute atomic E-state index is 14.0. The molecule has 0 radical (unpaired) electrons. The van der Waals surface area contributed by atoms with E-state index in [1.54, 1.807) is 22.9 Å². The van der Waals surface area contributed by atoms with Crippen LogP contribution in [0.2, 0.25) is 0 Å². The van der Waals surface area contributed by atoms with Crippen molar-refractivity contribution in [3.05, 3.63) is 27.7 Å². The highest BCUT2D eigenvalue weighted by Crippen LogP contribution is 2.50. The van der Waals surface area contributed by atoms with Crippen molar-refractivity contribution in [2.45, 2.75) is 77.4 Å². The highest BCUT2D eigenvalue weighted by molar-refractivity contribution is 5.78. The van der Waals surface area contributed by atoms with E-state index < -0.39 is 11.0 Å². The van der Waals surface area contributed by atoms with Crippen LogP contribution < -0.4 is 10.3 Å². The van der Waals surface area contributed by atoms with Crippen LogP contribution in [0.3, 0.4) is 0 Å². The third-order valence-electron chi connectivity index (χ3n) is 7.10. The molecule has 1 fully saturated rings. The van der Waals surface area contributed by atoms with Crippen molar-refractivity contribution in [2.24, 2.45) is 0 Å². The van der Waals surface area contributed by atoms with Crippen LogP contribution in [0.25, 0.3) is 11.2 Å². The molecule has 1 spiro atoms. The lowest BCUT2D eigenvalue weighted by Crippen LogP contribution is -2.47. The van der Waals surface area contributed by atoms with E-state index in [-0.39, 0.29) is 42.1 Å². The molecule has 0 bridgehead atoms. The number of carbonyl (C=O) groups excluding carboxylic acids is 2. The van der Waals surface area contributed by atoms with Crippen LogP contribution in [0.5, 0.6) is 0 Å². The van der Waals surface area contributed by atoms with Gasteiger partial charge in [0.2, 0.25) is 5.43 Å². The van der Waals surface area contributed by atoms with E-state index >= 15 is 0 Å². The second-order valence-corrected chi connectivity index (χ2v) is 11.1. The highest BCUT2D eigenvalue weighted by Gasteiger charge is 2.49. The van der Waals surface area contributed by atoms with Crippen molar-refractivity contribution < 1.29 is 19.1 Å². The van der Waals surface area contributed by atoms with Gasteiger partial charge in [-0.25, -0.2) is 14.8 Å². The largest absolute Gasteiger partial charge is 0.465 e. The van der Waals surface area contributed by atoms with Crippen molar-refractivity contribution in [1.29, 1.82) is 0 Å². The van der Waals surface area contributed by atoms with Gasteiger partial charge in [-0.05, 0) is 52.9 Å². The fourth-order valence-corrected chi connectivity index (χ4v) is 5.63. The average molecular weight is 500 g/mol. The number of pyridine rings is 1. The van der Waals surface area contributed by atoms with Gasteiger partial charge in [0.05, 0.1) is 12.8 Å². The molecule has 1 amide bonds. The monoisotopic (exact) mass is 499 g/mol. The molecule has 0 saturated carbocycles. The van der Waals surface area contributed by atoms with Crippen LogP contribution in [0.4, 0.5) is 10.6 Å². The first kappa shape index (κ1) is 25.9. The second kappa shape index (κ2) is 9.37. The van der Waals surface area contributed by atoms with Crippen molar-refractivity contribution in [3.63, 3.8) is 0 Å². The summed E-state index contributed by atoms with van der Waals surface area (Å²) in [5.41, 5.74) is 1.10. The first-order valence-electron chi connectivity index (χ1n) is 12.6. The van der Waals surface area contributed by atoms with Crippen LogP contribution in [0.15, 0.2) is 11.0 Å². The Morgan fingerprint density at radius 1 is 1.22 bits per heavy atom. The molecule has 1 saturated heterocycles. The standard InChI is InChI=1S/C26H37N5O5/c1-8-35-18(32)15-31-21-16(2)13-26(9-11-30(12-10-26)24(34)36-25(3,4)5)19(21)22(33)20-23(31)27-14-17(28-20)29(6)7/h14,16H,8-13,15H2,1-7H3. The Kier molecular flexibility index (Phi) is 6.74. The van der Waals surface area contributed by atoms with E-state index in [0.717, 1.165) is 12.1 Å². The Morgan fingerprint density at radius 2 is 1.89 bits per heavy atom. The van der Waals surface area contributed by atoms with Gasteiger partial charge >= 0.3 is 12.1 Å². The number of aromatic nitrogens is 3. The molecule has 36 heavy (non-hydrogen) atoms. The summed E-state index contributed by atoms with van der Waals surface area (Å²) in [6, 6.07) is 0. The number of ether oxygens (including phenoxy) is 2. The first-order chi connectivity index (χ1) is 16.9. The lowest BCUT2D eigenvalue weighted by atomic mass is 9.73. The van der Waals surface area contributed by atoms with E-state index in [1.165, 1.54) is 0 Å². The Balaban J connectivity index is 1.81. The smallest absolute Gasteiger partial charge is 0.410 e. The third kappa shape index (κ3) is 4.65. The summed E-state index contributed by atoms with van der Waals surface area (Å²) in [4.78, 5) is 52.0. The number of carbonyl (C=O) groups is 2. The van der Waals surface area contributed by atoms with Gasteiger partial charge in [0, 0.05) is 43.9 Å². The van der Waals surface area contributed by atoms with Crippen LogP contribution in [0, 0.1) is 0 Å². The highest BCUT2D eigenvalue weighted by atomic mass is 16.6. The number of piperidine rings is 1. The molecule has 1 atom stereocenters. The number of fused-ring (bicyclic) bond motifs is 3. The molecular weight excluding hydrogens is 462 g/mol. The molecule has 3 heterocycles. The van der Waals surface area contributed by atoms with E-state index in [0.29, 0.717) is 43.0 Å². The predicted molar refractivity (Wildman–Crippen MR) is 137 cm³/mol. The number of amides is 1. The van der Waals surface area contributed by atoms with Crippen LogP contribution in [-0.2, 0) is 26.2 Å². The Morgan fingerprint density at radius 3 is 2.47 bits per heavy atom. The van der Waals surface area contributed by atoms with Crippen molar-refractivity contribution in [1.82, 2.24) is 19.4 Å². The fraction of sp³-hybridized carbons (Fsp3) is 0.654. The lowest BCUT2D eigenvalue weighted by Gasteiger charge is -2.40. The van der Waals surface area contributed by atoms with Gasteiger partial charge in [-0.15, -0.1) is 0 Å². The quantitative estimate of drug-likeness (QED) is 0.591. The van der Waals surface area contributed by atoms with Crippen LogP contribution in [0.1, 0.15) is 71.1 Å². The van der Waals surface area contributed by atoms with E-state index in [2.05, 4.69) is 16.9 Å². The van der Waals surface area contributed by atoms with Gasteiger partial charge in [-0.3, -0.25) is 9.59 Å². The van der Waals surface area contributed by atoms with Gasteiger partial charge in [0.15, 0.2) is 11.2 Å². The maximum Gasteiger partial charge on any atom is 0.410 e. The van der Waals surface area contributed by atoms with Gasteiger partial charge in [0.25, 0.3) is 0 Å². The summed E-state index contributed by atoms with van der Waals surface area (Å²) < 4.78 is 12.6. The normalized spacial score (nSPS) is 18.9.